The normalized spacial score (nSPS) is 12.8. The van der Waals surface area contributed by atoms with Crippen LogP contribution < -0.4 is 4.90 Å². The standard InChI is InChI=1S/C69H47N3.C51H34N2/c1-69(2)63-23-13-11-21-57(63)59-42-60-62-44-66-61(58-22-12-14-24-65(58)71(66)52-19-7-4-8-20-52)43-67(62)72(68(60)45-64(59)69)55-36-29-47(30-37-55)26-25-46-27-34-53(35-28-46)70(56-40-33-49-17-9-10-18-51(49)41-56)54-38-31-50(32-39-54)48-15-5-3-6-16-48;1-51(2)45-18-10-8-16-39(45)41-29-42-44-31-48-43(40-17-9-11-19-47(40)52(48)37-14-4-3-5-15-37)30-49(44)53(50(42)32-46(41)51)38-26-23-33(24-27-38)20-21-34-22-25-35-12-6-7-13-36(35)28-34/h3-24,27-45H,1-2H3;3-19,22-32H,1-2H3. The number of para-hydroxylation sites is 4. The van der Waals surface area contributed by atoms with Crippen LogP contribution in [0, 0.1) is 23.7 Å². The lowest BCUT2D eigenvalue weighted by Gasteiger charge is -2.26. The zero-order valence-electron chi connectivity index (χ0n) is 69.6. The van der Waals surface area contributed by atoms with Crippen LogP contribution in [0.3, 0.4) is 0 Å². The lowest BCUT2D eigenvalue weighted by molar-refractivity contribution is 0.661. The summed E-state index contributed by atoms with van der Waals surface area (Å²) in [5.41, 5.74) is 34.4. The van der Waals surface area contributed by atoms with Gasteiger partial charge in [-0.15, -0.1) is 0 Å². The monoisotopic (exact) mass is 1590 g/mol. The molecular weight excluding hydrogens is 1510 g/mol. The van der Waals surface area contributed by atoms with Crippen molar-refractivity contribution in [2.45, 2.75) is 38.5 Å². The van der Waals surface area contributed by atoms with Gasteiger partial charge in [-0.3, -0.25) is 0 Å². The molecule has 0 saturated carbocycles. The molecule has 25 rings (SSSR count). The number of rotatable bonds is 8. The summed E-state index contributed by atoms with van der Waals surface area (Å²) in [6.45, 7) is 9.46. The molecule has 586 valence electrons. The van der Waals surface area contributed by atoms with Crippen molar-refractivity contribution in [3.8, 4) is 79.8 Å². The van der Waals surface area contributed by atoms with Crippen molar-refractivity contribution in [3.05, 3.63) is 463 Å². The lowest BCUT2D eigenvalue weighted by atomic mass is 9.82. The van der Waals surface area contributed by atoms with E-state index in [1.165, 1.54) is 170 Å². The van der Waals surface area contributed by atoms with Crippen molar-refractivity contribution >= 4 is 126 Å². The van der Waals surface area contributed by atoms with Crippen LogP contribution in [-0.4, -0.2) is 18.3 Å². The highest BCUT2D eigenvalue weighted by molar-refractivity contribution is 6.22. The number of nitrogens with zero attached hydrogens (tertiary/aromatic N) is 5. The Labute approximate surface area is 725 Å². The third-order valence-electron chi connectivity index (χ3n) is 26.6. The van der Waals surface area contributed by atoms with Crippen LogP contribution >= 0.6 is 0 Å². The average molecular weight is 1590 g/mol. The smallest absolute Gasteiger partial charge is 0.0548 e. The molecule has 125 heavy (non-hydrogen) atoms. The van der Waals surface area contributed by atoms with Crippen LogP contribution in [0.2, 0.25) is 0 Å². The molecule has 2 aliphatic rings. The highest BCUT2D eigenvalue weighted by atomic mass is 15.1. The van der Waals surface area contributed by atoms with Crippen molar-refractivity contribution in [3.63, 3.8) is 0 Å². The first-order chi connectivity index (χ1) is 61.5. The van der Waals surface area contributed by atoms with E-state index in [1.54, 1.807) is 0 Å². The molecule has 4 heterocycles. The fourth-order valence-corrected chi connectivity index (χ4v) is 20.4. The van der Waals surface area contributed by atoms with E-state index in [0.29, 0.717) is 0 Å². The topological polar surface area (TPSA) is 23.0 Å². The van der Waals surface area contributed by atoms with Gasteiger partial charge in [-0.2, -0.15) is 0 Å². The first-order valence-corrected chi connectivity index (χ1v) is 43.2. The summed E-state index contributed by atoms with van der Waals surface area (Å²) in [7, 11) is 0. The maximum atomic E-state index is 3.50. The van der Waals surface area contributed by atoms with Gasteiger partial charge >= 0.3 is 0 Å². The van der Waals surface area contributed by atoms with Crippen molar-refractivity contribution in [1.82, 2.24) is 18.3 Å². The summed E-state index contributed by atoms with van der Waals surface area (Å²) in [5, 5.41) is 14.8. The van der Waals surface area contributed by atoms with Gasteiger partial charge < -0.3 is 23.2 Å². The minimum Gasteiger partial charge on any atom is -0.310 e. The molecule has 23 aromatic rings. The Hall–Kier alpha value is -16.2. The third-order valence-corrected chi connectivity index (χ3v) is 26.6. The van der Waals surface area contributed by atoms with Gasteiger partial charge in [0.05, 0.1) is 44.1 Å². The Kier molecular flexibility index (Phi) is 16.8. The molecule has 0 aliphatic heterocycles. The predicted molar refractivity (Wildman–Crippen MR) is 525 cm³/mol. The molecule has 0 spiro atoms. The fourth-order valence-electron chi connectivity index (χ4n) is 20.4. The molecule has 0 N–H and O–H groups in total. The molecule has 0 amide bonds. The van der Waals surface area contributed by atoms with Gasteiger partial charge in [0, 0.05) is 116 Å². The third kappa shape index (κ3) is 12.0. The molecule has 5 heteroatoms. The van der Waals surface area contributed by atoms with E-state index in [4.69, 9.17) is 0 Å². The maximum absolute atomic E-state index is 3.50. The molecule has 19 aromatic carbocycles. The van der Waals surface area contributed by atoms with Crippen LogP contribution in [-0.2, 0) is 10.8 Å². The molecule has 0 unspecified atom stereocenters. The van der Waals surface area contributed by atoms with Gasteiger partial charge in [0.2, 0.25) is 0 Å². The van der Waals surface area contributed by atoms with Gasteiger partial charge in [-0.25, -0.2) is 0 Å². The summed E-state index contributed by atoms with van der Waals surface area (Å²) < 4.78 is 9.79. The van der Waals surface area contributed by atoms with E-state index in [1.807, 2.05) is 0 Å². The molecule has 5 nitrogen and oxygen atoms in total. The summed E-state index contributed by atoms with van der Waals surface area (Å²) in [4.78, 5) is 2.33. The minimum atomic E-state index is -0.132. The summed E-state index contributed by atoms with van der Waals surface area (Å²) >= 11 is 0. The zero-order chi connectivity index (χ0) is 83.2. The van der Waals surface area contributed by atoms with E-state index in [2.05, 4.69) is 493 Å². The second kappa shape index (κ2) is 28.8. The van der Waals surface area contributed by atoms with Gasteiger partial charge in [-0.05, 0) is 271 Å². The van der Waals surface area contributed by atoms with Crippen molar-refractivity contribution in [2.75, 3.05) is 4.90 Å². The van der Waals surface area contributed by atoms with Crippen LogP contribution in [0.4, 0.5) is 17.1 Å². The highest BCUT2D eigenvalue weighted by Crippen LogP contribution is 2.54. The van der Waals surface area contributed by atoms with Gasteiger partial charge in [-0.1, -0.05) is 276 Å². The van der Waals surface area contributed by atoms with Crippen molar-refractivity contribution in [1.29, 1.82) is 0 Å². The number of fused-ring (bicyclic) bond motifs is 20. The quantitative estimate of drug-likeness (QED) is 0.139. The Bertz CT molecular complexity index is 8490. The highest BCUT2D eigenvalue weighted by Gasteiger charge is 2.38. The van der Waals surface area contributed by atoms with Gasteiger partial charge in [0.1, 0.15) is 0 Å². The van der Waals surface area contributed by atoms with Crippen molar-refractivity contribution < 1.29 is 0 Å². The second-order valence-electron chi connectivity index (χ2n) is 34.5. The molecule has 0 atom stereocenters. The van der Waals surface area contributed by atoms with E-state index in [-0.39, 0.29) is 10.8 Å². The number of aromatic nitrogens is 4. The molecule has 4 aromatic heterocycles. The molecule has 0 radical (unpaired) electrons. The average Bonchev–Trinajstić information content (AvgIpc) is 1.54. The number of benzene rings is 19. The van der Waals surface area contributed by atoms with Gasteiger partial charge in [0.15, 0.2) is 0 Å². The van der Waals surface area contributed by atoms with Crippen LogP contribution in [0.25, 0.3) is 165 Å². The molecule has 0 bridgehead atoms. The SMILES string of the molecule is CC1(C)c2ccccc2-c2cc3c4cc5c(cc4n(-c4ccc(C#Cc6ccc(N(c7ccc(-c8ccccc8)cc7)c7ccc8ccccc8c7)cc6)cc4)c3cc21)c1ccccc1n5-c1ccccc1.CC1(C)c2ccccc2-c2cc3c4cc5c(cc4n(-c4ccc(C#Cc6ccc7ccccc7c6)cc4)c3cc21)c1ccccc1n5-c1ccccc1. The van der Waals surface area contributed by atoms with E-state index in [0.717, 1.165) is 56.4 Å². The lowest BCUT2D eigenvalue weighted by Crippen LogP contribution is -2.14. The second-order valence-corrected chi connectivity index (χ2v) is 34.5. The van der Waals surface area contributed by atoms with E-state index < -0.39 is 0 Å². The summed E-state index contributed by atoms with van der Waals surface area (Å²) in [5.74, 6) is 13.8. The maximum Gasteiger partial charge on any atom is 0.0548 e. The fraction of sp³-hybridized carbons (Fsp3) is 0.0500. The first kappa shape index (κ1) is 72.8. The minimum absolute atomic E-state index is 0.103. The van der Waals surface area contributed by atoms with Crippen LogP contribution in [0.1, 0.15) is 72.2 Å². The summed E-state index contributed by atoms with van der Waals surface area (Å²) in [6, 6.07) is 152. The predicted octanol–water partition coefficient (Wildman–Crippen LogP) is 30.6. The van der Waals surface area contributed by atoms with Crippen molar-refractivity contribution in [2.24, 2.45) is 0 Å². The van der Waals surface area contributed by atoms with Crippen LogP contribution in [0.15, 0.2) is 419 Å². The van der Waals surface area contributed by atoms with Crippen LogP contribution in [0.5, 0.6) is 0 Å². The molecule has 0 saturated heterocycles. The molecule has 2 aliphatic carbocycles. The Morgan fingerprint density at radius 2 is 0.504 bits per heavy atom. The number of anilines is 3. The Balaban J connectivity index is 0.000000147. The first-order valence-electron chi connectivity index (χ1n) is 43.2. The Morgan fingerprint density at radius 3 is 0.976 bits per heavy atom. The summed E-state index contributed by atoms with van der Waals surface area (Å²) in [6.07, 6.45) is 0. The zero-order valence-corrected chi connectivity index (χ0v) is 69.6. The Morgan fingerprint density at radius 1 is 0.192 bits per heavy atom. The number of hydrogen-bond acceptors (Lipinski definition) is 1. The largest absolute Gasteiger partial charge is 0.310 e. The molecular formula is C120H81N5. The molecule has 0 fully saturated rings. The van der Waals surface area contributed by atoms with E-state index in [9.17, 15) is 0 Å². The van der Waals surface area contributed by atoms with Gasteiger partial charge in [0.25, 0.3) is 0 Å². The van der Waals surface area contributed by atoms with E-state index >= 15 is 0 Å². The number of hydrogen-bond donors (Lipinski definition) is 0.